The van der Waals surface area contributed by atoms with Crippen molar-refractivity contribution in [2.75, 3.05) is 4.90 Å². The summed E-state index contributed by atoms with van der Waals surface area (Å²) < 4.78 is 12.4. The van der Waals surface area contributed by atoms with E-state index in [1.165, 1.54) is 10.9 Å². The van der Waals surface area contributed by atoms with Crippen molar-refractivity contribution in [2.45, 2.75) is 19.6 Å². The van der Waals surface area contributed by atoms with Gasteiger partial charge in [0.1, 0.15) is 11.5 Å². The summed E-state index contributed by atoms with van der Waals surface area (Å²) in [6.45, 7) is 7.15. The fourth-order valence-electron chi connectivity index (χ4n) is 3.99. The lowest BCUT2D eigenvalue weighted by molar-refractivity contribution is 0.465. The zero-order chi connectivity index (χ0) is 21.4. The van der Waals surface area contributed by atoms with Gasteiger partial charge in [0, 0.05) is 11.8 Å². The first-order valence-corrected chi connectivity index (χ1v) is 14.0. The van der Waals surface area contributed by atoms with Crippen LogP contribution in [0.15, 0.2) is 97.1 Å². The summed E-state index contributed by atoms with van der Waals surface area (Å²) in [4.78, 5) is 2.32. The maximum atomic E-state index is 6.27. The Balaban J connectivity index is 1.68. The second-order valence-corrected chi connectivity index (χ2v) is 13.8. The molecule has 4 aromatic rings. The molecule has 0 atom stereocenters. The van der Waals surface area contributed by atoms with Crippen LogP contribution < -0.4 is 19.6 Å². The van der Waals surface area contributed by atoms with Gasteiger partial charge in [-0.15, -0.1) is 0 Å². The van der Waals surface area contributed by atoms with Crippen molar-refractivity contribution in [1.29, 1.82) is 0 Å². The third kappa shape index (κ3) is 3.71. The van der Waals surface area contributed by atoms with E-state index in [9.17, 15) is 0 Å². The molecular weight excluding hydrogens is 398 g/mol. The second kappa shape index (κ2) is 7.64. The van der Waals surface area contributed by atoms with E-state index in [0.29, 0.717) is 0 Å². The molecule has 0 aromatic heterocycles. The van der Waals surface area contributed by atoms with Crippen LogP contribution in [-0.4, -0.2) is 8.07 Å². The Bertz CT molecular complexity index is 1230. The molecule has 0 fully saturated rings. The average molecular weight is 424 g/mol. The van der Waals surface area contributed by atoms with Crippen molar-refractivity contribution in [1.82, 2.24) is 0 Å². The fraction of sp³-hybridized carbons (Fsp3) is 0.111. The summed E-state index contributed by atoms with van der Waals surface area (Å²) in [6, 6.07) is 32.8. The van der Waals surface area contributed by atoms with E-state index in [4.69, 9.17) is 9.47 Å². The van der Waals surface area contributed by atoms with Crippen molar-refractivity contribution < 1.29 is 9.47 Å². The largest absolute Gasteiger partial charge is 0.457 e. The van der Waals surface area contributed by atoms with E-state index in [-0.39, 0.29) is 0 Å². The lowest BCUT2D eigenvalue weighted by Crippen LogP contribution is -2.40. The molecule has 4 aromatic carbocycles. The standard InChI is InChI=1S/C27H25NO2Si/c1-31(2,3)27-16-10-8-14-23(27)28-22-13-7-9-15-25(22)30-26-18-17-21(19-24(26)28)29-20-11-5-4-6-12-20/h4-19H,1-3H3. The third-order valence-corrected chi connectivity index (χ3v) is 7.47. The van der Waals surface area contributed by atoms with E-state index in [2.05, 4.69) is 67.0 Å². The maximum absolute atomic E-state index is 6.27. The van der Waals surface area contributed by atoms with E-state index in [0.717, 1.165) is 34.4 Å². The molecule has 0 amide bonds. The van der Waals surface area contributed by atoms with Gasteiger partial charge < -0.3 is 14.4 Å². The van der Waals surface area contributed by atoms with Gasteiger partial charge in [0.15, 0.2) is 11.5 Å². The van der Waals surface area contributed by atoms with Gasteiger partial charge >= 0.3 is 0 Å². The van der Waals surface area contributed by atoms with Crippen LogP contribution in [0.1, 0.15) is 0 Å². The summed E-state index contributed by atoms with van der Waals surface area (Å²) >= 11 is 0. The van der Waals surface area contributed by atoms with Gasteiger partial charge in [-0.3, -0.25) is 0 Å². The van der Waals surface area contributed by atoms with Crippen LogP contribution >= 0.6 is 0 Å². The predicted octanol–water partition coefficient (Wildman–Crippen LogP) is 7.60. The Morgan fingerprint density at radius 3 is 2.03 bits per heavy atom. The minimum atomic E-state index is -1.59. The highest BCUT2D eigenvalue weighted by atomic mass is 28.3. The van der Waals surface area contributed by atoms with Gasteiger partial charge in [-0.2, -0.15) is 0 Å². The molecule has 31 heavy (non-hydrogen) atoms. The van der Waals surface area contributed by atoms with Gasteiger partial charge in [-0.1, -0.05) is 68.2 Å². The number of anilines is 3. The van der Waals surface area contributed by atoms with Crippen LogP contribution in [0.3, 0.4) is 0 Å². The minimum Gasteiger partial charge on any atom is -0.457 e. The second-order valence-electron chi connectivity index (χ2n) is 8.72. The van der Waals surface area contributed by atoms with Crippen LogP contribution in [-0.2, 0) is 0 Å². The molecule has 1 aliphatic rings. The molecule has 0 aliphatic carbocycles. The van der Waals surface area contributed by atoms with Crippen LogP contribution in [0.2, 0.25) is 19.6 Å². The Labute approximate surface area is 184 Å². The fourth-order valence-corrected chi connectivity index (χ4v) is 5.54. The maximum Gasteiger partial charge on any atom is 0.151 e. The number of benzene rings is 4. The zero-order valence-corrected chi connectivity index (χ0v) is 19.0. The first kappa shape index (κ1) is 19.5. The highest BCUT2D eigenvalue weighted by molar-refractivity contribution is 6.89. The molecular formula is C27H25NO2Si. The molecule has 1 aliphatic heterocycles. The third-order valence-electron chi connectivity index (χ3n) is 5.43. The topological polar surface area (TPSA) is 21.7 Å². The molecule has 0 spiro atoms. The predicted molar refractivity (Wildman–Crippen MR) is 131 cm³/mol. The SMILES string of the molecule is C[Si](C)(C)c1ccccc1N1c2ccccc2Oc2ccc(Oc3ccccc3)cc21. The Kier molecular flexibility index (Phi) is 4.79. The lowest BCUT2D eigenvalue weighted by Gasteiger charge is -2.36. The highest BCUT2D eigenvalue weighted by Gasteiger charge is 2.30. The number of ether oxygens (including phenoxy) is 2. The monoisotopic (exact) mass is 423 g/mol. The van der Waals surface area contributed by atoms with Gasteiger partial charge in [-0.05, 0) is 47.7 Å². The van der Waals surface area contributed by atoms with E-state index in [1.807, 2.05) is 54.6 Å². The van der Waals surface area contributed by atoms with Gasteiger partial charge in [0.2, 0.25) is 0 Å². The molecule has 3 nitrogen and oxygen atoms in total. The number of rotatable bonds is 4. The van der Waals surface area contributed by atoms with E-state index in [1.54, 1.807) is 0 Å². The minimum absolute atomic E-state index is 0.781. The Morgan fingerprint density at radius 1 is 0.613 bits per heavy atom. The molecule has 0 unspecified atom stereocenters. The van der Waals surface area contributed by atoms with Gasteiger partial charge in [-0.25, -0.2) is 0 Å². The molecule has 0 bridgehead atoms. The normalized spacial score (nSPS) is 12.5. The van der Waals surface area contributed by atoms with Crippen LogP contribution in [0.4, 0.5) is 17.1 Å². The van der Waals surface area contributed by atoms with Crippen LogP contribution in [0, 0.1) is 0 Å². The number of para-hydroxylation sites is 4. The first-order chi connectivity index (χ1) is 15.0. The summed E-state index contributed by atoms with van der Waals surface area (Å²) in [6.07, 6.45) is 0. The number of hydrogen-bond acceptors (Lipinski definition) is 3. The molecule has 0 N–H and O–H groups in total. The lowest BCUT2D eigenvalue weighted by atomic mass is 10.1. The van der Waals surface area contributed by atoms with Gasteiger partial charge in [0.05, 0.1) is 19.4 Å². The summed E-state index contributed by atoms with van der Waals surface area (Å²) in [5.41, 5.74) is 3.23. The van der Waals surface area contributed by atoms with Crippen LogP contribution in [0.5, 0.6) is 23.0 Å². The molecule has 5 rings (SSSR count). The van der Waals surface area contributed by atoms with Crippen molar-refractivity contribution in [2.24, 2.45) is 0 Å². The first-order valence-electron chi connectivity index (χ1n) is 10.5. The quantitative estimate of drug-likeness (QED) is 0.278. The van der Waals surface area contributed by atoms with Crippen molar-refractivity contribution in [3.05, 3.63) is 97.1 Å². The Hall–Kier alpha value is -3.50. The highest BCUT2D eigenvalue weighted by Crippen LogP contribution is 2.51. The van der Waals surface area contributed by atoms with Crippen LogP contribution in [0.25, 0.3) is 0 Å². The van der Waals surface area contributed by atoms with Crippen molar-refractivity contribution in [3.8, 4) is 23.0 Å². The number of fused-ring (bicyclic) bond motifs is 2. The summed E-state index contributed by atoms with van der Waals surface area (Å²) in [5.74, 6) is 3.28. The number of hydrogen-bond donors (Lipinski definition) is 0. The smallest absolute Gasteiger partial charge is 0.151 e. The molecule has 0 saturated heterocycles. The molecule has 0 radical (unpaired) electrons. The van der Waals surface area contributed by atoms with Crippen molar-refractivity contribution >= 4 is 30.3 Å². The zero-order valence-electron chi connectivity index (χ0n) is 18.0. The Morgan fingerprint density at radius 2 is 1.26 bits per heavy atom. The van der Waals surface area contributed by atoms with Gasteiger partial charge in [0.25, 0.3) is 0 Å². The summed E-state index contributed by atoms with van der Waals surface area (Å²) in [5, 5.41) is 1.41. The molecule has 4 heteroatoms. The average Bonchev–Trinajstić information content (AvgIpc) is 2.78. The van der Waals surface area contributed by atoms with E-state index < -0.39 is 8.07 Å². The number of nitrogens with zero attached hydrogens (tertiary/aromatic N) is 1. The summed E-state index contributed by atoms with van der Waals surface area (Å²) in [7, 11) is -1.59. The van der Waals surface area contributed by atoms with E-state index >= 15 is 0 Å². The molecule has 0 saturated carbocycles. The van der Waals surface area contributed by atoms with Crippen molar-refractivity contribution in [3.63, 3.8) is 0 Å². The molecule has 154 valence electrons. The molecule has 1 heterocycles.